The number of allylic oxidation sites excluding steroid dienone is 2. The third-order valence-corrected chi connectivity index (χ3v) is 1.49. The van der Waals surface area contributed by atoms with E-state index in [0.717, 1.165) is 12.8 Å². The van der Waals surface area contributed by atoms with E-state index >= 15 is 0 Å². The first-order valence-electron chi connectivity index (χ1n) is 4.09. The maximum atomic E-state index is 5.87. The number of rotatable bonds is 4. The molecule has 0 aromatic carbocycles. The van der Waals surface area contributed by atoms with Crippen molar-refractivity contribution in [3.63, 3.8) is 0 Å². The molecular formula is C10H19N. The highest BCUT2D eigenvalue weighted by Gasteiger charge is 2.11. The van der Waals surface area contributed by atoms with Gasteiger partial charge >= 0.3 is 0 Å². The highest BCUT2D eigenvalue weighted by Crippen LogP contribution is 2.15. The van der Waals surface area contributed by atoms with E-state index in [1.54, 1.807) is 0 Å². The highest BCUT2D eigenvalue weighted by molar-refractivity contribution is 5.12. The third-order valence-electron chi connectivity index (χ3n) is 1.49. The van der Waals surface area contributed by atoms with Crippen molar-refractivity contribution >= 4 is 0 Å². The maximum Gasteiger partial charge on any atom is 0.0134 e. The van der Waals surface area contributed by atoms with Crippen molar-refractivity contribution in [2.24, 2.45) is 5.73 Å². The predicted molar refractivity (Wildman–Crippen MR) is 51.5 cm³/mol. The van der Waals surface area contributed by atoms with Crippen LogP contribution in [0.3, 0.4) is 0 Å². The normalized spacial score (nSPS) is 13.3. The zero-order valence-corrected chi connectivity index (χ0v) is 7.85. The van der Waals surface area contributed by atoms with Gasteiger partial charge in [0.05, 0.1) is 0 Å². The van der Waals surface area contributed by atoms with Crippen LogP contribution < -0.4 is 5.73 Å². The number of hydrogen-bond acceptors (Lipinski definition) is 1. The second-order valence-corrected chi connectivity index (χ2v) is 3.58. The molecule has 0 saturated heterocycles. The first-order chi connectivity index (χ1) is 4.99. The van der Waals surface area contributed by atoms with Crippen LogP contribution in [0.25, 0.3) is 0 Å². The molecule has 0 aromatic heterocycles. The van der Waals surface area contributed by atoms with E-state index in [1.807, 2.05) is 19.9 Å². The molecule has 0 aliphatic heterocycles. The largest absolute Gasteiger partial charge is 0.325 e. The quantitative estimate of drug-likeness (QED) is 0.617. The summed E-state index contributed by atoms with van der Waals surface area (Å²) in [5.74, 6) is 0. The van der Waals surface area contributed by atoms with Gasteiger partial charge in [-0.2, -0.15) is 0 Å². The van der Waals surface area contributed by atoms with E-state index in [2.05, 4.69) is 19.6 Å². The molecule has 0 rings (SSSR count). The molecular weight excluding hydrogens is 134 g/mol. The molecule has 1 nitrogen and oxygen atoms in total. The van der Waals surface area contributed by atoms with Gasteiger partial charge < -0.3 is 5.73 Å². The molecule has 0 aromatic rings. The predicted octanol–water partition coefficient (Wildman–Crippen LogP) is 2.64. The van der Waals surface area contributed by atoms with Crippen LogP contribution in [-0.4, -0.2) is 5.54 Å². The van der Waals surface area contributed by atoms with Crippen LogP contribution in [0.1, 0.15) is 33.6 Å². The molecule has 0 fully saturated rings. The summed E-state index contributed by atoms with van der Waals surface area (Å²) in [6, 6.07) is 0. The lowest BCUT2D eigenvalue weighted by atomic mass is 9.94. The lowest BCUT2D eigenvalue weighted by molar-refractivity contribution is 0.508. The van der Waals surface area contributed by atoms with Crippen molar-refractivity contribution in [1.82, 2.24) is 0 Å². The zero-order chi connectivity index (χ0) is 8.91. The topological polar surface area (TPSA) is 26.0 Å². The molecule has 11 heavy (non-hydrogen) atoms. The Hall–Kier alpha value is -0.560. The molecule has 0 bridgehead atoms. The summed E-state index contributed by atoms with van der Waals surface area (Å²) in [7, 11) is 0. The zero-order valence-electron chi connectivity index (χ0n) is 7.85. The Morgan fingerprint density at radius 1 is 1.55 bits per heavy atom. The summed E-state index contributed by atoms with van der Waals surface area (Å²) >= 11 is 0. The van der Waals surface area contributed by atoms with Crippen molar-refractivity contribution in [2.45, 2.75) is 39.2 Å². The van der Waals surface area contributed by atoms with Gasteiger partial charge in [0, 0.05) is 5.54 Å². The van der Waals surface area contributed by atoms with Gasteiger partial charge in [0.25, 0.3) is 0 Å². The van der Waals surface area contributed by atoms with Gasteiger partial charge in [0.2, 0.25) is 0 Å². The van der Waals surface area contributed by atoms with Gasteiger partial charge in [-0.1, -0.05) is 31.2 Å². The molecule has 0 amide bonds. The van der Waals surface area contributed by atoms with Gasteiger partial charge in [-0.3, -0.25) is 0 Å². The van der Waals surface area contributed by atoms with Crippen LogP contribution in [0.5, 0.6) is 0 Å². The van der Waals surface area contributed by atoms with Crippen LogP contribution in [0, 0.1) is 0 Å². The maximum absolute atomic E-state index is 5.87. The fourth-order valence-electron chi connectivity index (χ4n) is 1.05. The van der Waals surface area contributed by atoms with Crippen LogP contribution >= 0.6 is 0 Å². The molecule has 0 aliphatic rings. The summed E-state index contributed by atoms with van der Waals surface area (Å²) in [5, 5.41) is 0. The Labute approximate surface area is 70.0 Å². The first kappa shape index (κ1) is 10.4. The fourth-order valence-corrected chi connectivity index (χ4v) is 1.05. The number of hydrogen-bond donors (Lipinski definition) is 1. The molecule has 0 atom stereocenters. The van der Waals surface area contributed by atoms with E-state index in [1.165, 1.54) is 5.57 Å². The average Bonchev–Trinajstić information content (AvgIpc) is 1.84. The smallest absolute Gasteiger partial charge is 0.0134 e. The Morgan fingerprint density at radius 2 is 2.09 bits per heavy atom. The van der Waals surface area contributed by atoms with Crippen LogP contribution in [0.15, 0.2) is 24.3 Å². The third kappa shape index (κ3) is 5.86. The lowest BCUT2D eigenvalue weighted by Crippen LogP contribution is -2.32. The van der Waals surface area contributed by atoms with Gasteiger partial charge in [0.15, 0.2) is 0 Å². The first-order valence-corrected chi connectivity index (χ1v) is 4.09. The molecule has 0 unspecified atom stereocenters. The fraction of sp³-hybridized carbons (Fsp3) is 0.600. The van der Waals surface area contributed by atoms with E-state index in [9.17, 15) is 0 Å². The second kappa shape index (κ2) is 4.35. The Balaban J connectivity index is 4.09. The molecule has 0 aliphatic carbocycles. The Kier molecular flexibility index (Phi) is 4.12. The van der Waals surface area contributed by atoms with Gasteiger partial charge in [-0.25, -0.2) is 0 Å². The Morgan fingerprint density at radius 3 is 2.36 bits per heavy atom. The summed E-state index contributed by atoms with van der Waals surface area (Å²) in [6.45, 7) is 9.88. The molecule has 2 N–H and O–H groups in total. The van der Waals surface area contributed by atoms with Crippen LogP contribution in [0.4, 0.5) is 0 Å². The van der Waals surface area contributed by atoms with Crippen LogP contribution in [-0.2, 0) is 0 Å². The molecule has 0 spiro atoms. The average molecular weight is 153 g/mol. The SMILES string of the molecule is C=C/C=C(\CC)CC(C)(C)N. The molecule has 0 saturated carbocycles. The summed E-state index contributed by atoms with van der Waals surface area (Å²) in [5.41, 5.74) is 7.14. The second-order valence-electron chi connectivity index (χ2n) is 3.58. The van der Waals surface area contributed by atoms with Crippen molar-refractivity contribution in [2.75, 3.05) is 0 Å². The van der Waals surface area contributed by atoms with Crippen molar-refractivity contribution in [1.29, 1.82) is 0 Å². The van der Waals surface area contributed by atoms with E-state index in [0.29, 0.717) is 0 Å². The van der Waals surface area contributed by atoms with Crippen molar-refractivity contribution in [3.8, 4) is 0 Å². The molecule has 64 valence electrons. The van der Waals surface area contributed by atoms with Crippen molar-refractivity contribution < 1.29 is 0 Å². The number of nitrogens with two attached hydrogens (primary N) is 1. The van der Waals surface area contributed by atoms with Crippen LogP contribution in [0.2, 0.25) is 0 Å². The lowest BCUT2D eigenvalue weighted by Gasteiger charge is -2.19. The molecule has 1 heteroatoms. The standard InChI is InChI=1S/C10H19N/c1-5-7-9(6-2)8-10(3,4)11/h5,7H,1,6,8,11H2,2-4H3/b9-7+. The van der Waals surface area contributed by atoms with Gasteiger partial charge in [-0.15, -0.1) is 0 Å². The minimum Gasteiger partial charge on any atom is -0.325 e. The van der Waals surface area contributed by atoms with E-state index in [4.69, 9.17) is 5.73 Å². The Bertz CT molecular complexity index is 149. The van der Waals surface area contributed by atoms with Gasteiger partial charge in [0.1, 0.15) is 0 Å². The van der Waals surface area contributed by atoms with Crippen molar-refractivity contribution in [3.05, 3.63) is 24.3 Å². The minimum atomic E-state index is -0.0924. The summed E-state index contributed by atoms with van der Waals surface area (Å²) in [6.07, 6.45) is 5.89. The van der Waals surface area contributed by atoms with E-state index < -0.39 is 0 Å². The highest BCUT2D eigenvalue weighted by atomic mass is 14.7. The van der Waals surface area contributed by atoms with E-state index in [-0.39, 0.29) is 5.54 Å². The van der Waals surface area contributed by atoms with Gasteiger partial charge in [-0.05, 0) is 26.7 Å². The molecule has 0 radical (unpaired) electrons. The monoisotopic (exact) mass is 153 g/mol. The summed E-state index contributed by atoms with van der Waals surface area (Å²) in [4.78, 5) is 0. The molecule has 0 heterocycles. The summed E-state index contributed by atoms with van der Waals surface area (Å²) < 4.78 is 0. The minimum absolute atomic E-state index is 0.0924.